The molecule has 1 aliphatic rings. The summed E-state index contributed by atoms with van der Waals surface area (Å²) in [4.78, 5) is 1.33. The zero-order valence-corrected chi connectivity index (χ0v) is 15.2. The Kier molecular flexibility index (Phi) is 3.81. The average Bonchev–Trinajstić information content (AvgIpc) is 2.96. The number of fused-ring (bicyclic) bond motifs is 1. The minimum atomic E-state index is 0.282. The third-order valence-corrected chi connectivity index (χ3v) is 6.03. The molecular formula is C21H26S. The number of allylic oxidation sites excluding steroid dienone is 1. The Morgan fingerprint density at radius 1 is 1.00 bits per heavy atom. The van der Waals surface area contributed by atoms with Gasteiger partial charge in [0.2, 0.25) is 0 Å². The van der Waals surface area contributed by atoms with Gasteiger partial charge in [-0.1, -0.05) is 52.0 Å². The molecule has 0 nitrogen and oxygen atoms in total. The largest absolute Gasteiger partial charge is 0.144 e. The highest BCUT2D eigenvalue weighted by atomic mass is 32.1. The molecule has 22 heavy (non-hydrogen) atoms. The van der Waals surface area contributed by atoms with Crippen LogP contribution in [0.2, 0.25) is 0 Å². The van der Waals surface area contributed by atoms with Gasteiger partial charge in [0, 0.05) is 4.88 Å². The number of hydrogen-bond donors (Lipinski definition) is 0. The van der Waals surface area contributed by atoms with Crippen LogP contribution in [0.25, 0.3) is 11.6 Å². The van der Waals surface area contributed by atoms with E-state index in [1.54, 1.807) is 16.9 Å². The second kappa shape index (κ2) is 5.38. The fourth-order valence-electron chi connectivity index (χ4n) is 3.50. The Balaban J connectivity index is 2.06. The molecule has 0 fully saturated rings. The molecule has 1 aliphatic carbocycles. The fourth-order valence-corrected chi connectivity index (χ4v) is 4.22. The Morgan fingerprint density at radius 2 is 1.68 bits per heavy atom. The van der Waals surface area contributed by atoms with Crippen molar-refractivity contribution in [2.75, 3.05) is 0 Å². The Bertz CT molecular complexity index is 700. The van der Waals surface area contributed by atoms with E-state index >= 15 is 0 Å². The Labute approximate surface area is 138 Å². The second-order valence-electron chi connectivity index (χ2n) is 7.87. The maximum atomic E-state index is 2.44. The van der Waals surface area contributed by atoms with Crippen LogP contribution in [0.3, 0.4) is 0 Å². The summed E-state index contributed by atoms with van der Waals surface area (Å²) >= 11 is 1.80. The first-order valence-electron chi connectivity index (χ1n) is 8.17. The van der Waals surface area contributed by atoms with Crippen molar-refractivity contribution >= 4 is 23.0 Å². The van der Waals surface area contributed by atoms with Crippen LogP contribution in [0.1, 0.15) is 69.0 Å². The number of rotatable bonds is 2. The van der Waals surface area contributed by atoms with Gasteiger partial charge in [0.05, 0.1) is 0 Å². The predicted molar refractivity (Wildman–Crippen MR) is 99.6 cm³/mol. The second-order valence-corrected chi connectivity index (χ2v) is 8.85. The zero-order valence-electron chi connectivity index (χ0n) is 14.4. The van der Waals surface area contributed by atoms with Gasteiger partial charge in [-0.25, -0.2) is 0 Å². The van der Waals surface area contributed by atoms with Gasteiger partial charge in [-0.2, -0.15) is 0 Å². The van der Waals surface area contributed by atoms with E-state index in [0.717, 1.165) is 0 Å². The fraction of sp³-hybridized carbons (Fsp3) is 0.429. The van der Waals surface area contributed by atoms with Crippen LogP contribution >= 0.6 is 11.3 Å². The van der Waals surface area contributed by atoms with E-state index in [0.29, 0.717) is 5.41 Å². The third kappa shape index (κ3) is 2.79. The van der Waals surface area contributed by atoms with Crippen LogP contribution < -0.4 is 0 Å². The molecule has 0 bridgehead atoms. The molecule has 0 saturated heterocycles. The molecule has 116 valence electrons. The normalized spacial score (nSPS) is 19.8. The monoisotopic (exact) mass is 310 g/mol. The lowest BCUT2D eigenvalue weighted by molar-refractivity contribution is 0.332. The van der Waals surface area contributed by atoms with Gasteiger partial charge in [0.25, 0.3) is 0 Å². The minimum Gasteiger partial charge on any atom is -0.144 e. The molecule has 1 heterocycles. The van der Waals surface area contributed by atoms with Crippen molar-refractivity contribution in [3.63, 3.8) is 0 Å². The van der Waals surface area contributed by atoms with Crippen LogP contribution in [0.5, 0.6) is 0 Å². The molecule has 0 N–H and O–H groups in total. The van der Waals surface area contributed by atoms with Gasteiger partial charge in [0.15, 0.2) is 0 Å². The van der Waals surface area contributed by atoms with Crippen molar-refractivity contribution < 1.29 is 0 Å². The van der Waals surface area contributed by atoms with Gasteiger partial charge in [-0.15, -0.1) is 11.3 Å². The molecule has 0 aliphatic heterocycles. The maximum Gasteiger partial charge on any atom is 0.0273 e. The Morgan fingerprint density at radius 3 is 2.32 bits per heavy atom. The van der Waals surface area contributed by atoms with Gasteiger partial charge in [0.1, 0.15) is 0 Å². The first-order chi connectivity index (χ1) is 10.3. The summed E-state index contributed by atoms with van der Waals surface area (Å²) in [7, 11) is 0. The quantitative estimate of drug-likeness (QED) is 0.582. The molecule has 0 unspecified atom stereocenters. The van der Waals surface area contributed by atoms with E-state index < -0.39 is 0 Å². The highest BCUT2D eigenvalue weighted by Crippen LogP contribution is 2.46. The van der Waals surface area contributed by atoms with E-state index in [-0.39, 0.29) is 5.41 Å². The molecule has 3 rings (SSSR count). The number of benzene rings is 1. The summed E-state index contributed by atoms with van der Waals surface area (Å²) in [6.45, 7) is 11.8. The SMILES string of the molecule is C/C(=C/c1cccs1)c1ccc2c(c1)C(C)(C)CCC2(C)C. The van der Waals surface area contributed by atoms with Crippen LogP contribution in [0.15, 0.2) is 35.7 Å². The maximum absolute atomic E-state index is 2.44. The molecule has 2 aromatic rings. The third-order valence-electron chi connectivity index (χ3n) is 5.21. The van der Waals surface area contributed by atoms with Crippen LogP contribution in [-0.2, 0) is 10.8 Å². The first kappa shape index (κ1) is 15.6. The molecule has 0 spiro atoms. The molecule has 0 amide bonds. The van der Waals surface area contributed by atoms with E-state index in [1.165, 1.54) is 34.4 Å². The summed E-state index contributed by atoms with van der Waals surface area (Å²) in [6.07, 6.45) is 4.84. The molecule has 0 atom stereocenters. The van der Waals surface area contributed by atoms with Gasteiger partial charge in [-0.3, -0.25) is 0 Å². The summed E-state index contributed by atoms with van der Waals surface area (Å²) in [5, 5.41) is 2.14. The molecular weight excluding hydrogens is 284 g/mol. The van der Waals surface area contributed by atoms with Crippen LogP contribution in [-0.4, -0.2) is 0 Å². The minimum absolute atomic E-state index is 0.282. The summed E-state index contributed by atoms with van der Waals surface area (Å²) < 4.78 is 0. The molecule has 0 saturated carbocycles. The number of hydrogen-bond acceptors (Lipinski definition) is 1. The summed E-state index contributed by atoms with van der Waals surface area (Å²) in [6, 6.07) is 11.4. The number of thiophene rings is 1. The Hall–Kier alpha value is -1.34. The highest BCUT2D eigenvalue weighted by molar-refractivity contribution is 7.10. The van der Waals surface area contributed by atoms with Crippen molar-refractivity contribution in [3.8, 4) is 0 Å². The summed E-state index contributed by atoms with van der Waals surface area (Å²) in [5.41, 5.74) is 6.37. The van der Waals surface area contributed by atoms with Gasteiger partial charge < -0.3 is 0 Å². The molecule has 1 aromatic heterocycles. The van der Waals surface area contributed by atoms with E-state index in [4.69, 9.17) is 0 Å². The van der Waals surface area contributed by atoms with Crippen LogP contribution in [0, 0.1) is 0 Å². The van der Waals surface area contributed by atoms with Crippen LogP contribution in [0.4, 0.5) is 0 Å². The van der Waals surface area contributed by atoms with Crippen molar-refractivity contribution in [1.82, 2.24) is 0 Å². The standard InChI is InChI=1S/C21H26S/c1-15(13-17-7-6-12-22-17)16-8-9-18-19(14-16)21(4,5)11-10-20(18,2)3/h6-9,12-14H,10-11H2,1-5H3/b15-13-. The lowest BCUT2D eigenvalue weighted by atomic mass is 9.63. The smallest absolute Gasteiger partial charge is 0.0273 e. The summed E-state index contributed by atoms with van der Waals surface area (Å²) in [5.74, 6) is 0. The lowest BCUT2D eigenvalue weighted by Gasteiger charge is -2.42. The molecule has 0 radical (unpaired) electrons. The van der Waals surface area contributed by atoms with Gasteiger partial charge in [-0.05, 0) is 70.4 Å². The molecule has 1 heteroatoms. The van der Waals surface area contributed by atoms with E-state index in [1.807, 2.05) is 0 Å². The van der Waals surface area contributed by atoms with Crippen molar-refractivity contribution in [1.29, 1.82) is 0 Å². The lowest BCUT2D eigenvalue weighted by Crippen LogP contribution is -2.33. The van der Waals surface area contributed by atoms with Crippen molar-refractivity contribution in [2.24, 2.45) is 0 Å². The first-order valence-corrected chi connectivity index (χ1v) is 9.05. The van der Waals surface area contributed by atoms with Crippen molar-refractivity contribution in [3.05, 3.63) is 57.3 Å². The highest BCUT2D eigenvalue weighted by Gasteiger charge is 2.36. The van der Waals surface area contributed by atoms with Crippen molar-refractivity contribution in [2.45, 2.75) is 58.3 Å². The van der Waals surface area contributed by atoms with E-state index in [2.05, 4.69) is 76.4 Å². The van der Waals surface area contributed by atoms with E-state index in [9.17, 15) is 0 Å². The molecule has 1 aromatic carbocycles. The average molecular weight is 311 g/mol. The van der Waals surface area contributed by atoms with Gasteiger partial charge >= 0.3 is 0 Å². The predicted octanol–water partition coefficient (Wildman–Crippen LogP) is 6.66. The topological polar surface area (TPSA) is 0 Å². The zero-order chi connectivity index (χ0) is 16.0.